The van der Waals surface area contributed by atoms with Crippen LogP contribution in [0.3, 0.4) is 0 Å². The van der Waals surface area contributed by atoms with E-state index in [-0.39, 0.29) is 0 Å². The molecule has 0 aromatic carbocycles. The van der Waals surface area contributed by atoms with Gasteiger partial charge in [-0.3, -0.25) is 4.79 Å². The van der Waals surface area contributed by atoms with E-state index in [4.69, 9.17) is 10.5 Å². The highest BCUT2D eigenvalue weighted by molar-refractivity contribution is 5.75. The van der Waals surface area contributed by atoms with Crippen molar-refractivity contribution >= 4 is 5.97 Å². The molecule has 0 aliphatic heterocycles. The lowest BCUT2D eigenvalue weighted by Gasteiger charge is -2.09. The van der Waals surface area contributed by atoms with Gasteiger partial charge in [-0.1, -0.05) is 6.07 Å². The van der Waals surface area contributed by atoms with Crippen LogP contribution in [0.2, 0.25) is 0 Å². The average Bonchev–Trinajstić information content (AvgIpc) is 2.22. The van der Waals surface area contributed by atoms with E-state index in [1.165, 1.54) is 12.3 Å². The fourth-order valence-corrected chi connectivity index (χ4v) is 1.11. The second kappa shape index (κ2) is 5.41. The number of carbonyl (C=O) groups is 1. The van der Waals surface area contributed by atoms with Gasteiger partial charge < -0.3 is 10.5 Å². The summed E-state index contributed by atoms with van der Waals surface area (Å²) in [6.45, 7) is 2.01. The summed E-state index contributed by atoms with van der Waals surface area (Å²) in [5.74, 6) is -1.01. The number of nitrogens with two attached hydrogens (primary N) is 1. The zero-order valence-electron chi connectivity index (χ0n) is 8.44. The summed E-state index contributed by atoms with van der Waals surface area (Å²) >= 11 is 0. The third kappa shape index (κ3) is 3.63. The molecule has 0 radical (unpaired) electrons. The fraction of sp³-hybridized carbons (Fsp3) is 0.400. The zero-order chi connectivity index (χ0) is 11.3. The second-order valence-corrected chi connectivity index (χ2v) is 3.05. The molecular formula is C10H13FN2O2. The van der Waals surface area contributed by atoms with Crippen molar-refractivity contribution in [3.63, 3.8) is 0 Å². The van der Waals surface area contributed by atoms with Gasteiger partial charge in [0.1, 0.15) is 6.04 Å². The Morgan fingerprint density at radius 1 is 1.67 bits per heavy atom. The van der Waals surface area contributed by atoms with Gasteiger partial charge in [-0.25, -0.2) is 4.98 Å². The fourth-order valence-electron chi connectivity index (χ4n) is 1.11. The SMILES string of the molecule is CCOC(=O)[C@H](N)Cc1ccc(F)nc1. The van der Waals surface area contributed by atoms with Crippen LogP contribution in [0.5, 0.6) is 0 Å². The van der Waals surface area contributed by atoms with E-state index in [0.717, 1.165) is 0 Å². The molecule has 0 unspecified atom stereocenters. The van der Waals surface area contributed by atoms with Crippen molar-refractivity contribution in [3.05, 3.63) is 29.8 Å². The van der Waals surface area contributed by atoms with Gasteiger partial charge in [-0.05, 0) is 25.0 Å². The van der Waals surface area contributed by atoms with Crippen LogP contribution in [0.15, 0.2) is 18.3 Å². The van der Waals surface area contributed by atoms with Crippen molar-refractivity contribution < 1.29 is 13.9 Å². The quantitative estimate of drug-likeness (QED) is 0.588. The Bertz CT molecular complexity index is 327. The topological polar surface area (TPSA) is 65.2 Å². The smallest absolute Gasteiger partial charge is 0.323 e. The van der Waals surface area contributed by atoms with Crippen molar-refractivity contribution in [3.8, 4) is 0 Å². The summed E-state index contributed by atoms with van der Waals surface area (Å²) in [5.41, 5.74) is 6.28. The third-order valence-corrected chi connectivity index (χ3v) is 1.83. The molecule has 1 rings (SSSR count). The molecule has 0 fully saturated rings. The summed E-state index contributed by atoms with van der Waals surface area (Å²) in [6.07, 6.45) is 1.65. The highest BCUT2D eigenvalue weighted by Crippen LogP contribution is 2.03. The summed E-state index contributed by atoms with van der Waals surface area (Å²) in [7, 11) is 0. The van der Waals surface area contributed by atoms with Gasteiger partial charge in [0.05, 0.1) is 6.61 Å². The van der Waals surface area contributed by atoms with Crippen LogP contribution in [-0.4, -0.2) is 23.6 Å². The molecule has 1 aromatic heterocycles. The van der Waals surface area contributed by atoms with Gasteiger partial charge >= 0.3 is 5.97 Å². The van der Waals surface area contributed by atoms with E-state index in [1.807, 2.05) is 0 Å². The number of ether oxygens (including phenoxy) is 1. The molecule has 4 nitrogen and oxygen atoms in total. The Kier molecular flexibility index (Phi) is 4.17. The van der Waals surface area contributed by atoms with E-state index in [9.17, 15) is 9.18 Å². The molecular weight excluding hydrogens is 199 g/mol. The number of pyridine rings is 1. The molecule has 1 aromatic rings. The summed E-state index contributed by atoms with van der Waals surface area (Å²) in [4.78, 5) is 14.6. The minimum Gasteiger partial charge on any atom is -0.465 e. The number of carbonyl (C=O) groups excluding carboxylic acids is 1. The maximum absolute atomic E-state index is 12.5. The van der Waals surface area contributed by atoms with Gasteiger partial charge in [-0.2, -0.15) is 4.39 Å². The molecule has 2 N–H and O–H groups in total. The number of nitrogens with zero attached hydrogens (tertiary/aromatic N) is 1. The molecule has 0 amide bonds. The highest BCUT2D eigenvalue weighted by Gasteiger charge is 2.14. The van der Waals surface area contributed by atoms with Crippen molar-refractivity contribution in [2.75, 3.05) is 6.61 Å². The van der Waals surface area contributed by atoms with Crippen LogP contribution in [0.4, 0.5) is 4.39 Å². The lowest BCUT2D eigenvalue weighted by atomic mass is 10.1. The predicted molar refractivity (Wildman–Crippen MR) is 52.5 cm³/mol. The molecule has 0 aliphatic rings. The average molecular weight is 212 g/mol. The van der Waals surface area contributed by atoms with E-state index in [1.54, 1.807) is 13.0 Å². The standard InChI is InChI=1S/C10H13FN2O2/c1-2-15-10(14)8(12)5-7-3-4-9(11)13-6-7/h3-4,6,8H,2,5,12H2,1H3/t8-/m1/s1. The van der Waals surface area contributed by atoms with Crippen LogP contribution in [0.25, 0.3) is 0 Å². The first kappa shape index (κ1) is 11.6. The van der Waals surface area contributed by atoms with E-state index < -0.39 is 18.0 Å². The lowest BCUT2D eigenvalue weighted by Crippen LogP contribution is -2.34. The Labute approximate surface area is 87.3 Å². The van der Waals surface area contributed by atoms with Crippen LogP contribution >= 0.6 is 0 Å². The van der Waals surface area contributed by atoms with Gasteiger partial charge in [0, 0.05) is 6.20 Å². The summed E-state index contributed by atoms with van der Waals surface area (Å²) in [6, 6.07) is 2.05. The molecule has 1 heterocycles. The Hall–Kier alpha value is -1.49. The van der Waals surface area contributed by atoms with Gasteiger partial charge in [-0.15, -0.1) is 0 Å². The van der Waals surface area contributed by atoms with Gasteiger partial charge in [0.25, 0.3) is 0 Å². The van der Waals surface area contributed by atoms with Crippen molar-refractivity contribution in [2.24, 2.45) is 5.73 Å². The molecule has 15 heavy (non-hydrogen) atoms. The zero-order valence-corrected chi connectivity index (χ0v) is 8.44. The minimum atomic E-state index is -0.725. The first-order chi connectivity index (χ1) is 7.13. The van der Waals surface area contributed by atoms with E-state index >= 15 is 0 Å². The maximum Gasteiger partial charge on any atom is 0.323 e. The molecule has 0 spiro atoms. The van der Waals surface area contributed by atoms with Crippen LogP contribution in [-0.2, 0) is 16.0 Å². The van der Waals surface area contributed by atoms with Crippen LogP contribution in [0.1, 0.15) is 12.5 Å². The Morgan fingerprint density at radius 2 is 2.40 bits per heavy atom. The van der Waals surface area contributed by atoms with Gasteiger partial charge in [0.2, 0.25) is 5.95 Å². The van der Waals surface area contributed by atoms with Crippen molar-refractivity contribution in [2.45, 2.75) is 19.4 Å². The largest absolute Gasteiger partial charge is 0.465 e. The Balaban J connectivity index is 2.54. The van der Waals surface area contributed by atoms with Crippen LogP contribution in [0, 0.1) is 5.95 Å². The van der Waals surface area contributed by atoms with Crippen molar-refractivity contribution in [1.82, 2.24) is 4.98 Å². The molecule has 0 bridgehead atoms. The number of esters is 1. The molecule has 0 saturated heterocycles. The molecule has 1 atom stereocenters. The van der Waals surface area contributed by atoms with E-state index in [2.05, 4.69) is 4.98 Å². The predicted octanol–water partition coefficient (Wildman–Crippen LogP) is 0.654. The second-order valence-electron chi connectivity index (χ2n) is 3.05. The summed E-state index contributed by atoms with van der Waals surface area (Å²) in [5, 5.41) is 0. The summed E-state index contributed by atoms with van der Waals surface area (Å²) < 4.78 is 17.2. The first-order valence-corrected chi connectivity index (χ1v) is 4.66. The molecule has 0 aliphatic carbocycles. The third-order valence-electron chi connectivity index (χ3n) is 1.83. The van der Waals surface area contributed by atoms with Crippen LogP contribution < -0.4 is 5.73 Å². The van der Waals surface area contributed by atoms with Crippen molar-refractivity contribution in [1.29, 1.82) is 0 Å². The highest BCUT2D eigenvalue weighted by atomic mass is 19.1. The number of rotatable bonds is 4. The molecule has 5 heteroatoms. The first-order valence-electron chi connectivity index (χ1n) is 4.66. The number of aromatic nitrogens is 1. The Morgan fingerprint density at radius 3 is 2.93 bits per heavy atom. The maximum atomic E-state index is 12.5. The lowest BCUT2D eigenvalue weighted by molar-refractivity contribution is -0.144. The van der Waals surface area contributed by atoms with E-state index in [0.29, 0.717) is 18.6 Å². The molecule has 82 valence electrons. The number of halogens is 1. The monoisotopic (exact) mass is 212 g/mol. The van der Waals surface area contributed by atoms with Gasteiger partial charge in [0.15, 0.2) is 0 Å². The minimum absolute atomic E-state index is 0.298. The number of hydrogen-bond acceptors (Lipinski definition) is 4. The normalized spacial score (nSPS) is 12.2. The number of hydrogen-bond donors (Lipinski definition) is 1. The molecule has 0 saturated carbocycles.